The Hall–Kier alpha value is -1.54. The van der Waals surface area contributed by atoms with E-state index in [1.54, 1.807) is 10.6 Å². The summed E-state index contributed by atoms with van der Waals surface area (Å²) < 4.78 is 1.73. The first-order chi connectivity index (χ1) is 10.2. The van der Waals surface area contributed by atoms with E-state index in [0.29, 0.717) is 11.6 Å². The minimum absolute atomic E-state index is 0.0675. The average molecular weight is 304 g/mol. The zero-order chi connectivity index (χ0) is 15.1. The molecule has 0 N–H and O–H groups in total. The van der Waals surface area contributed by atoms with Crippen LogP contribution in [-0.4, -0.2) is 4.57 Å². The molecule has 0 amide bonds. The van der Waals surface area contributed by atoms with Crippen LogP contribution in [0.4, 0.5) is 0 Å². The predicted octanol–water partition coefficient (Wildman–Crippen LogP) is 4.67. The molecule has 1 aromatic carbocycles. The number of unbranched alkanes of at least 4 members (excludes halogenated alkanes) is 3. The molecule has 0 spiro atoms. The van der Waals surface area contributed by atoms with E-state index in [9.17, 15) is 4.79 Å². The van der Waals surface area contributed by atoms with Crippen molar-refractivity contribution in [3.63, 3.8) is 0 Å². The first kappa shape index (κ1) is 15.8. The fourth-order valence-corrected chi connectivity index (χ4v) is 2.50. The van der Waals surface area contributed by atoms with Gasteiger partial charge in [-0.2, -0.15) is 0 Å². The van der Waals surface area contributed by atoms with E-state index in [0.717, 1.165) is 24.0 Å². The van der Waals surface area contributed by atoms with Gasteiger partial charge in [0.1, 0.15) is 0 Å². The average Bonchev–Trinajstić information content (AvgIpc) is 2.48. The number of nitrogens with zero attached hydrogens (tertiary/aromatic N) is 1. The number of halogens is 1. The first-order valence-corrected chi connectivity index (χ1v) is 8.00. The maximum atomic E-state index is 12.1. The number of hydrogen-bond donors (Lipinski definition) is 0. The summed E-state index contributed by atoms with van der Waals surface area (Å²) in [5, 5.41) is 0.716. The summed E-state index contributed by atoms with van der Waals surface area (Å²) in [7, 11) is 0. The molecule has 0 bridgehead atoms. The van der Waals surface area contributed by atoms with Crippen LogP contribution < -0.4 is 5.56 Å². The van der Waals surface area contributed by atoms with Gasteiger partial charge in [-0.05, 0) is 42.2 Å². The lowest BCUT2D eigenvalue weighted by Gasteiger charge is -2.07. The number of aryl methyl sites for hydroxylation is 1. The lowest BCUT2D eigenvalue weighted by molar-refractivity contribution is 0.663. The van der Waals surface area contributed by atoms with Crippen molar-refractivity contribution in [1.29, 1.82) is 0 Å². The molecule has 2 aromatic rings. The fourth-order valence-electron chi connectivity index (χ4n) is 2.38. The van der Waals surface area contributed by atoms with Gasteiger partial charge in [-0.1, -0.05) is 49.9 Å². The maximum Gasteiger partial charge on any atom is 0.251 e. The van der Waals surface area contributed by atoms with E-state index in [2.05, 4.69) is 13.0 Å². The first-order valence-electron chi connectivity index (χ1n) is 7.63. The minimum Gasteiger partial charge on any atom is -0.311 e. The van der Waals surface area contributed by atoms with E-state index in [1.165, 1.54) is 19.3 Å². The van der Waals surface area contributed by atoms with Crippen LogP contribution in [0.2, 0.25) is 5.02 Å². The van der Waals surface area contributed by atoms with E-state index >= 15 is 0 Å². The standard InChI is InChI=1S/C18H22ClNO/c1-2-3-4-5-6-15-11-12-20(18(21)13-15)14-16-7-9-17(19)10-8-16/h7-13H,2-6,14H2,1H3. The van der Waals surface area contributed by atoms with Crippen molar-refractivity contribution in [2.75, 3.05) is 0 Å². The third kappa shape index (κ3) is 5.05. The molecular weight excluding hydrogens is 282 g/mol. The molecule has 0 radical (unpaired) electrons. The second-order valence-electron chi connectivity index (χ2n) is 5.44. The van der Waals surface area contributed by atoms with Gasteiger partial charge < -0.3 is 4.57 Å². The monoisotopic (exact) mass is 303 g/mol. The quantitative estimate of drug-likeness (QED) is 0.681. The highest BCUT2D eigenvalue weighted by Crippen LogP contribution is 2.11. The van der Waals surface area contributed by atoms with Crippen LogP contribution in [0, 0.1) is 0 Å². The van der Waals surface area contributed by atoms with Gasteiger partial charge in [0.05, 0.1) is 6.54 Å². The Bertz CT molecular complexity index is 616. The molecule has 21 heavy (non-hydrogen) atoms. The van der Waals surface area contributed by atoms with Crippen LogP contribution in [0.1, 0.15) is 43.7 Å². The van der Waals surface area contributed by atoms with Crippen LogP contribution in [0.3, 0.4) is 0 Å². The van der Waals surface area contributed by atoms with Gasteiger partial charge in [0, 0.05) is 17.3 Å². The molecule has 1 aromatic heterocycles. The van der Waals surface area contributed by atoms with Gasteiger partial charge in [0.2, 0.25) is 0 Å². The van der Waals surface area contributed by atoms with Crippen LogP contribution >= 0.6 is 11.6 Å². The molecule has 0 aliphatic carbocycles. The van der Waals surface area contributed by atoms with E-state index in [-0.39, 0.29) is 5.56 Å². The van der Waals surface area contributed by atoms with Crippen molar-refractivity contribution in [3.8, 4) is 0 Å². The largest absolute Gasteiger partial charge is 0.311 e. The van der Waals surface area contributed by atoms with Crippen LogP contribution in [0.5, 0.6) is 0 Å². The summed E-state index contributed by atoms with van der Waals surface area (Å²) in [5.74, 6) is 0. The highest BCUT2D eigenvalue weighted by atomic mass is 35.5. The molecule has 0 unspecified atom stereocenters. The van der Waals surface area contributed by atoms with Gasteiger partial charge >= 0.3 is 0 Å². The van der Waals surface area contributed by atoms with Gasteiger partial charge in [0.15, 0.2) is 0 Å². The zero-order valence-electron chi connectivity index (χ0n) is 12.5. The van der Waals surface area contributed by atoms with Crippen molar-refractivity contribution < 1.29 is 0 Å². The van der Waals surface area contributed by atoms with E-state index < -0.39 is 0 Å². The van der Waals surface area contributed by atoms with Gasteiger partial charge in [-0.15, -0.1) is 0 Å². The Balaban J connectivity index is 1.98. The number of aromatic nitrogens is 1. The number of benzene rings is 1. The molecule has 1 heterocycles. The van der Waals surface area contributed by atoms with Crippen molar-refractivity contribution in [3.05, 3.63) is 69.1 Å². The number of hydrogen-bond acceptors (Lipinski definition) is 1. The highest BCUT2D eigenvalue weighted by molar-refractivity contribution is 6.30. The van der Waals surface area contributed by atoms with Crippen LogP contribution in [0.25, 0.3) is 0 Å². The number of pyridine rings is 1. The van der Waals surface area contributed by atoms with Gasteiger partial charge in [-0.3, -0.25) is 4.79 Å². The second-order valence-corrected chi connectivity index (χ2v) is 5.87. The maximum absolute atomic E-state index is 12.1. The zero-order valence-corrected chi connectivity index (χ0v) is 13.3. The summed E-state index contributed by atoms with van der Waals surface area (Å²) in [6, 6.07) is 11.4. The summed E-state index contributed by atoms with van der Waals surface area (Å²) in [4.78, 5) is 12.1. The van der Waals surface area contributed by atoms with Crippen molar-refractivity contribution >= 4 is 11.6 Å². The van der Waals surface area contributed by atoms with Gasteiger partial charge in [-0.25, -0.2) is 0 Å². The number of rotatable bonds is 7. The Morgan fingerprint density at radius 1 is 1.00 bits per heavy atom. The molecule has 2 nitrogen and oxygen atoms in total. The summed E-state index contributed by atoms with van der Waals surface area (Å²) in [6.45, 7) is 2.80. The summed E-state index contributed by atoms with van der Waals surface area (Å²) >= 11 is 5.87. The predicted molar refractivity (Wildman–Crippen MR) is 89.1 cm³/mol. The topological polar surface area (TPSA) is 22.0 Å². The minimum atomic E-state index is 0.0675. The summed E-state index contributed by atoms with van der Waals surface area (Å²) in [5.41, 5.74) is 2.29. The van der Waals surface area contributed by atoms with Gasteiger partial charge in [0.25, 0.3) is 5.56 Å². The molecule has 0 aliphatic heterocycles. The lowest BCUT2D eigenvalue weighted by Crippen LogP contribution is -2.19. The Kier molecular flexibility index (Phi) is 6.06. The van der Waals surface area contributed by atoms with Crippen LogP contribution in [-0.2, 0) is 13.0 Å². The van der Waals surface area contributed by atoms with Crippen LogP contribution in [0.15, 0.2) is 47.4 Å². The molecule has 2 rings (SSSR count). The van der Waals surface area contributed by atoms with Crippen molar-refractivity contribution in [2.24, 2.45) is 0 Å². The molecule has 0 atom stereocenters. The fraction of sp³-hybridized carbons (Fsp3) is 0.389. The van der Waals surface area contributed by atoms with E-state index in [4.69, 9.17) is 11.6 Å². The molecule has 0 fully saturated rings. The Morgan fingerprint density at radius 2 is 1.76 bits per heavy atom. The summed E-state index contributed by atoms with van der Waals surface area (Å²) in [6.07, 6.45) is 7.80. The molecule has 0 saturated carbocycles. The third-order valence-electron chi connectivity index (χ3n) is 3.65. The van der Waals surface area contributed by atoms with E-state index in [1.807, 2.05) is 30.5 Å². The normalized spacial score (nSPS) is 10.8. The molecule has 3 heteroatoms. The molecule has 0 saturated heterocycles. The smallest absolute Gasteiger partial charge is 0.251 e. The Labute approximate surface area is 131 Å². The molecular formula is C18H22ClNO. The SMILES string of the molecule is CCCCCCc1ccn(Cc2ccc(Cl)cc2)c(=O)c1. The molecule has 0 aliphatic rings. The third-order valence-corrected chi connectivity index (χ3v) is 3.90. The van der Waals surface area contributed by atoms with Crippen molar-refractivity contribution in [1.82, 2.24) is 4.57 Å². The second kappa shape index (κ2) is 8.04. The molecule has 112 valence electrons. The van der Waals surface area contributed by atoms with Crippen molar-refractivity contribution in [2.45, 2.75) is 45.6 Å². The highest BCUT2D eigenvalue weighted by Gasteiger charge is 2.01. The Morgan fingerprint density at radius 3 is 2.43 bits per heavy atom. The lowest BCUT2D eigenvalue weighted by atomic mass is 10.1.